The van der Waals surface area contributed by atoms with Crippen molar-refractivity contribution in [2.45, 2.75) is 270 Å². The first-order valence-electron chi connectivity index (χ1n) is 24.6. The van der Waals surface area contributed by atoms with Crippen molar-refractivity contribution in [3.05, 3.63) is 24.3 Å². The Balaban J connectivity index is 3.47. The summed E-state index contributed by atoms with van der Waals surface area (Å²) >= 11 is 0. The molecule has 2 atom stereocenters. The van der Waals surface area contributed by atoms with Crippen molar-refractivity contribution >= 4 is 11.9 Å². The van der Waals surface area contributed by atoms with E-state index in [1.54, 1.807) is 0 Å². The molecule has 6 heteroatoms. The third-order valence-corrected chi connectivity index (χ3v) is 11.2. The average molecular weight is 790 g/mol. The second-order valence-corrected chi connectivity index (χ2v) is 16.8. The Morgan fingerprint density at radius 2 is 0.839 bits per heavy atom. The fraction of sp³-hybridized carbons (Fsp3) is 0.880. The Labute approximate surface area is 348 Å². The van der Waals surface area contributed by atoms with Gasteiger partial charge in [-0.1, -0.05) is 192 Å². The molecule has 0 aromatic carbocycles. The van der Waals surface area contributed by atoms with Crippen molar-refractivity contribution in [2.75, 3.05) is 13.2 Å². The highest BCUT2D eigenvalue weighted by atomic mass is 16.5. The maximum atomic E-state index is 12.4. The lowest BCUT2D eigenvalue weighted by molar-refractivity contribution is -0.143. The zero-order valence-corrected chi connectivity index (χ0v) is 37.4. The van der Waals surface area contributed by atoms with Gasteiger partial charge in [0.15, 0.2) is 0 Å². The Morgan fingerprint density at radius 3 is 1.30 bits per heavy atom. The number of hydrogen-bond acceptors (Lipinski definition) is 5. The molecule has 0 aliphatic rings. The lowest BCUT2D eigenvalue weighted by Crippen LogP contribution is -2.45. The van der Waals surface area contributed by atoms with E-state index in [2.05, 4.69) is 43.5 Å². The second kappa shape index (κ2) is 46.0. The Hall–Kier alpha value is -1.66. The molecular formula is C50H95NO5. The van der Waals surface area contributed by atoms with E-state index in [4.69, 9.17) is 4.74 Å². The fourth-order valence-electron chi connectivity index (χ4n) is 7.39. The molecule has 0 aromatic rings. The average Bonchev–Trinajstić information content (AvgIpc) is 3.20. The lowest BCUT2D eigenvalue weighted by atomic mass is 10.0. The van der Waals surface area contributed by atoms with Gasteiger partial charge in [-0.2, -0.15) is 0 Å². The summed E-state index contributed by atoms with van der Waals surface area (Å²) in [5.74, 6) is -0.0676. The molecule has 0 aliphatic carbocycles. The number of hydrogen-bond donors (Lipinski definition) is 3. The van der Waals surface area contributed by atoms with Gasteiger partial charge in [-0.25, -0.2) is 0 Å². The minimum absolute atomic E-state index is 0.0135. The largest absolute Gasteiger partial charge is 0.466 e. The van der Waals surface area contributed by atoms with Crippen LogP contribution in [0.25, 0.3) is 0 Å². The smallest absolute Gasteiger partial charge is 0.305 e. The SMILES string of the molecule is CCCCC/C=C\CCCCCCCC(=O)OCCCCCCCCC/C=C\CCCCCCCC(=O)NC(CO)C(O)CCCCCCCCCCCCC. The van der Waals surface area contributed by atoms with E-state index in [0.717, 1.165) is 64.2 Å². The second-order valence-electron chi connectivity index (χ2n) is 16.8. The monoisotopic (exact) mass is 790 g/mol. The van der Waals surface area contributed by atoms with Gasteiger partial charge in [-0.05, 0) is 77.0 Å². The number of ether oxygens (including phenoxy) is 1. The summed E-state index contributed by atoms with van der Waals surface area (Å²) in [4.78, 5) is 24.4. The molecule has 0 saturated heterocycles. The molecule has 6 nitrogen and oxygen atoms in total. The molecule has 0 rings (SSSR count). The number of rotatable bonds is 45. The number of esters is 1. The third-order valence-electron chi connectivity index (χ3n) is 11.2. The molecule has 0 fully saturated rings. The van der Waals surface area contributed by atoms with E-state index < -0.39 is 12.1 Å². The van der Waals surface area contributed by atoms with Gasteiger partial charge in [0, 0.05) is 12.8 Å². The van der Waals surface area contributed by atoms with E-state index in [1.807, 2.05) is 0 Å². The first-order valence-corrected chi connectivity index (χ1v) is 24.6. The number of carbonyl (C=O) groups excluding carboxylic acids is 2. The summed E-state index contributed by atoms with van der Waals surface area (Å²) in [6, 6.07) is -0.552. The summed E-state index contributed by atoms with van der Waals surface area (Å²) in [6.07, 6.45) is 52.8. The minimum atomic E-state index is -0.673. The third kappa shape index (κ3) is 42.0. The van der Waals surface area contributed by atoms with Crippen LogP contribution in [0.5, 0.6) is 0 Å². The molecule has 0 aromatic heterocycles. The van der Waals surface area contributed by atoms with Crippen LogP contribution in [0.15, 0.2) is 24.3 Å². The Morgan fingerprint density at radius 1 is 0.482 bits per heavy atom. The number of unbranched alkanes of at least 4 members (excludes halogenated alkanes) is 30. The minimum Gasteiger partial charge on any atom is -0.466 e. The predicted molar refractivity (Wildman–Crippen MR) is 241 cm³/mol. The van der Waals surface area contributed by atoms with Crippen molar-refractivity contribution in [3.8, 4) is 0 Å². The highest BCUT2D eigenvalue weighted by Gasteiger charge is 2.20. The topological polar surface area (TPSA) is 95.9 Å². The normalized spacial score (nSPS) is 12.9. The summed E-state index contributed by atoms with van der Waals surface area (Å²) in [5.41, 5.74) is 0. The van der Waals surface area contributed by atoms with Crippen LogP contribution in [0.4, 0.5) is 0 Å². The van der Waals surface area contributed by atoms with Gasteiger partial charge >= 0.3 is 5.97 Å². The van der Waals surface area contributed by atoms with Crippen molar-refractivity contribution in [1.82, 2.24) is 5.32 Å². The molecular weight excluding hydrogens is 695 g/mol. The van der Waals surface area contributed by atoms with Crippen molar-refractivity contribution in [1.29, 1.82) is 0 Å². The van der Waals surface area contributed by atoms with Crippen molar-refractivity contribution < 1.29 is 24.5 Å². The van der Waals surface area contributed by atoms with Crippen LogP contribution >= 0.6 is 0 Å². The predicted octanol–water partition coefficient (Wildman–Crippen LogP) is 14.3. The van der Waals surface area contributed by atoms with E-state index in [1.165, 1.54) is 161 Å². The molecule has 3 N–H and O–H groups in total. The van der Waals surface area contributed by atoms with E-state index >= 15 is 0 Å². The molecule has 1 amide bonds. The van der Waals surface area contributed by atoms with Gasteiger partial charge in [0.1, 0.15) is 0 Å². The molecule has 0 heterocycles. The van der Waals surface area contributed by atoms with Crippen LogP contribution in [-0.4, -0.2) is 47.4 Å². The van der Waals surface area contributed by atoms with E-state index in [9.17, 15) is 19.8 Å². The highest BCUT2D eigenvalue weighted by molar-refractivity contribution is 5.76. The molecule has 0 saturated carbocycles. The zero-order chi connectivity index (χ0) is 40.8. The van der Waals surface area contributed by atoms with E-state index in [-0.39, 0.29) is 18.5 Å². The lowest BCUT2D eigenvalue weighted by Gasteiger charge is -2.22. The van der Waals surface area contributed by atoms with Crippen LogP contribution in [0.3, 0.4) is 0 Å². The van der Waals surface area contributed by atoms with Crippen LogP contribution < -0.4 is 5.32 Å². The molecule has 56 heavy (non-hydrogen) atoms. The van der Waals surface area contributed by atoms with Gasteiger partial charge in [-0.3, -0.25) is 9.59 Å². The number of amides is 1. The van der Waals surface area contributed by atoms with Gasteiger partial charge in [0.05, 0.1) is 25.4 Å². The maximum absolute atomic E-state index is 12.4. The fourth-order valence-corrected chi connectivity index (χ4v) is 7.39. The number of aliphatic hydroxyl groups excluding tert-OH is 2. The Bertz CT molecular complexity index is 874. The van der Waals surface area contributed by atoms with Gasteiger partial charge in [0.2, 0.25) is 5.91 Å². The first kappa shape index (κ1) is 54.3. The molecule has 0 aliphatic heterocycles. The summed E-state index contributed by atoms with van der Waals surface area (Å²) in [6.45, 7) is 4.88. The maximum Gasteiger partial charge on any atom is 0.305 e. The van der Waals surface area contributed by atoms with Crippen LogP contribution in [0, 0.1) is 0 Å². The van der Waals surface area contributed by atoms with Crippen molar-refractivity contribution in [3.63, 3.8) is 0 Å². The van der Waals surface area contributed by atoms with Crippen LogP contribution in [-0.2, 0) is 14.3 Å². The number of allylic oxidation sites excluding steroid dienone is 4. The van der Waals surface area contributed by atoms with Gasteiger partial charge in [-0.15, -0.1) is 0 Å². The quantitative estimate of drug-likeness (QED) is 0.0324. The molecule has 330 valence electrons. The first-order chi connectivity index (χ1) is 27.5. The number of nitrogens with one attached hydrogen (secondary N) is 1. The molecule has 0 spiro atoms. The van der Waals surface area contributed by atoms with Gasteiger partial charge < -0.3 is 20.3 Å². The number of carbonyl (C=O) groups is 2. The van der Waals surface area contributed by atoms with Crippen LogP contribution in [0.2, 0.25) is 0 Å². The van der Waals surface area contributed by atoms with E-state index in [0.29, 0.717) is 25.9 Å². The van der Waals surface area contributed by atoms with Crippen LogP contribution in [0.1, 0.15) is 258 Å². The molecule has 0 radical (unpaired) electrons. The number of aliphatic hydroxyl groups is 2. The zero-order valence-electron chi connectivity index (χ0n) is 37.4. The summed E-state index contributed by atoms with van der Waals surface area (Å²) in [7, 11) is 0. The standard InChI is InChI=1S/C50H95NO5/c1-3-5-7-9-11-13-15-24-28-32-36-40-44-50(55)56-45-41-37-33-29-25-21-19-17-16-18-20-23-27-31-35-39-43-49(54)51-47(46-52)48(53)42-38-34-30-26-22-14-12-10-8-6-4-2/h11,13,16,18,47-48,52-53H,3-10,12,14-15,17,19-46H2,1-2H3,(H,51,54)/b13-11-,18-16-. The summed E-state index contributed by atoms with van der Waals surface area (Å²) in [5, 5.41) is 23.1. The summed E-state index contributed by atoms with van der Waals surface area (Å²) < 4.78 is 5.44. The molecule has 2 unspecified atom stereocenters. The Kier molecular flexibility index (Phi) is 44.7. The highest BCUT2D eigenvalue weighted by Crippen LogP contribution is 2.15. The molecule has 0 bridgehead atoms. The van der Waals surface area contributed by atoms with Crippen molar-refractivity contribution in [2.24, 2.45) is 0 Å². The van der Waals surface area contributed by atoms with Gasteiger partial charge in [0.25, 0.3) is 0 Å².